The summed E-state index contributed by atoms with van der Waals surface area (Å²) in [5.41, 5.74) is 5.36. The largest absolute Gasteiger partial charge is 0.496 e. The van der Waals surface area contributed by atoms with Gasteiger partial charge in [-0.1, -0.05) is 67.6 Å². The molecule has 4 aromatic carbocycles. The summed E-state index contributed by atoms with van der Waals surface area (Å²) in [6.07, 6.45) is 0.722. The molecule has 0 radical (unpaired) electrons. The SMILES string of the molecule is CCc1cccc(OC)c1C(=O)Nc1ccc(C2=NCC(=O)Nc3c2ccc2ccccc32)cc1. The molecule has 5 rings (SSSR count). The summed E-state index contributed by atoms with van der Waals surface area (Å²) < 4.78 is 5.42. The van der Waals surface area contributed by atoms with Crippen LogP contribution in [-0.2, 0) is 11.2 Å². The third kappa shape index (κ3) is 4.26. The Morgan fingerprint density at radius 1 is 1.00 bits per heavy atom. The first kappa shape index (κ1) is 22.3. The Morgan fingerprint density at radius 3 is 2.57 bits per heavy atom. The predicted octanol–water partition coefficient (Wildman–Crippen LogP) is 5.45. The van der Waals surface area contributed by atoms with E-state index in [2.05, 4.69) is 15.6 Å². The molecule has 2 N–H and O–H groups in total. The van der Waals surface area contributed by atoms with E-state index in [1.807, 2.05) is 79.7 Å². The summed E-state index contributed by atoms with van der Waals surface area (Å²) >= 11 is 0. The highest BCUT2D eigenvalue weighted by Gasteiger charge is 2.21. The predicted molar refractivity (Wildman–Crippen MR) is 140 cm³/mol. The quantitative estimate of drug-likeness (QED) is 0.413. The number of nitrogens with one attached hydrogen (secondary N) is 2. The average molecular weight is 464 g/mol. The summed E-state index contributed by atoms with van der Waals surface area (Å²) in [6.45, 7) is 2.05. The number of aliphatic imine (C=N–C) groups is 1. The van der Waals surface area contributed by atoms with Crippen molar-refractivity contribution in [2.75, 3.05) is 24.3 Å². The second-order valence-corrected chi connectivity index (χ2v) is 8.30. The van der Waals surface area contributed by atoms with Crippen molar-refractivity contribution in [1.82, 2.24) is 0 Å². The number of carbonyl (C=O) groups is 2. The lowest BCUT2D eigenvalue weighted by Crippen LogP contribution is -2.15. The Hall–Kier alpha value is -4.45. The summed E-state index contributed by atoms with van der Waals surface area (Å²) in [5.74, 6) is 0.183. The van der Waals surface area contributed by atoms with E-state index in [0.717, 1.165) is 45.3 Å². The molecule has 0 atom stereocenters. The van der Waals surface area contributed by atoms with Crippen LogP contribution in [0.15, 0.2) is 83.9 Å². The number of hydrogen-bond donors (Lipinski definition) is 2. The Morgan fingerprint density at radius 2 is 1.80 bits per heavy atom. The van der Waals surface area contributed by atoms with Crippen LogP contribution in [0, 0.1) is 0 Å². The molecular formula is C29H25N3O3. The van der Waals surface area contributed by atoms with Crippen LogP contribution in [0.1, 0.15) is 34.0 Å². The van der Waals surface area contributed by atoms with Gasteiger partial charge in [-0.3, -0.25) is 14.6 Å². The van der Waals surface area contributed by atoms with Crippen molar-refractivity contribution < 1.29 is 14.3 Å². The lowest BCUT2D eigenvalue weighted by molar-refractivity contribution is -0.114. The van der Waals surface area contributed by atoms with Gasteiger partial charge in [0.05, 0.1) is 24.1 Å². The molecule has 35 heavy (non-hydrogen) atoms. The van der Waals surface area contributed by atoms with E-state index in [4.69, 9.17) is 4.74 Å². The maximum Gasteiger partial charge on any atom is 0.259 e. The van der Waals surface area contributed by atoms with Crippen LogP contribution < -0.4 is 15.4 Å². The number of anilines is 2. The van der Waals surface area contributed by atoms with Crippen LogP contribution in [0.2, 0.25) is 0 Å². The zero-order valence-electron chi connectivity index (χ0n) is 19.6. The van der Waals surface area contributed by atoms with Gasteiger partial charge in [-0.05, 0) is 35.6 Å². The number of hydrogen-bond acceptors (Lipinski definition) is 4. The number of methoxy groups -OCH3 is 1. The lowest BCUT2D eigenvalue weighted by atomic mass is 9.96. The molecule has 4 aromatic rings. The molecule has 6 nitrogen and oxygen atoms in total. The van der Waals surface area contributed by atoms with E-state index in [1.165, 1.54) is 0 Å². The van der Waals surface area contributed by atoms with Crippen molar-refractivity contribution in [2.45, 2.75) is 13.3 Å². The van der Waals surface area contributed by atoms with Crippen molar-refractivity contribution in [2.24, 2.45) is 4.99 Å². The second kappa shape index (κ2) is 9.43. The molecule has 2 amide bonds. The van der Waals surface area contributed by atoms with Gasteiger partial charge in [-0.15, -0.1) is 0 Å². The fraction of sp³-hybridized carbons (Fsp3) is 0.138. The molecule has 0 aromatic heterocycles. The highest BCUT2D eigenvalue weighted by Crippen LogP contribution is 2.31. The Labute approximate surface area is 203 Å². The van der Waals surface area contributed by atoms with Crippen LogP contribution in [0.5, 0.6) is 5.75 Å². The molecule has 0 unspecified atom stereocenters. The number of ether oxygens (including phenoxy) is 1. The highest BCUT2D eigenvalue weighted by atomic mass is 16.5. The Kier molecular flexibility index (Phi) is 6.02. The van der Waals surface area contributed by atoms with Gasteiger partial charge in [0, 0.05) is 22.2 Å². The van der Waals surface area contributed by atoms with Gasteiger partial charge in [0.25, 0.3) is 5.91 Å². The molecule has 0 aliphatic carbocycles. The van der Waals surface area contributed by atoms with Crippen LogP contribution in [-0.4, -0.2) is 31.2 Å². The number of fused-ring (bicyclic) bond motifs is 3. The van der Waals surface area contributed by atoms with Crippen LogP contribution in [0.25, 0.3) is 10.8 Å². The molecule has 0 saturated heterocycles. The van der Waals surface area contributed by atoms with Crippen molar-refractivity contribution in [3.05, 3.63) is 101 Å². The van der Waals surface area contributed by atoms with Gasteiger partial charge < -0.3 is 15.4 Å². The van der Waals surface area contributed by atoms with E-state index in [1.54, 1.807) is 13.2 Å². The van der Waals surface area contributed by atoms with Gasteiger partial charge in [-0.2, -0.15) is 0 Å². The minimum Gasteiger partial charge on any atom is -0.496 e. The number of aryl methyl sites for hydroxylation is 1. The normalized spacial score (nSPS) is 12.9. The molecule has 174 valence electrons. The van der Waals surface area contributed by atoms with Crippen LogP contribution in [0.3, 0.4) is 0 Å². The van der Waals surface area contributed by atoms with Gasteiger partial charge in [0.15, 0.2) is 0 Å². The fourth-order valence-electron chi connectivity index (χ4n) is 4.47. The van der Waals surface area contributed by atoms with E-state index >= 15 is 0 Å². The summed E-state index contributed by atoms with van der Waals surface area (Å²) in [7, 11) is 1.56. The molecule has 1 heterocycles. The number of rotatable bonds is 5. The number of nitrogens with zero attached hydrogens (tertiary/aromatic N) is 1. The van der Waals surface area contributed by atoms with Gasteiger partial charge in [0.1, 0.15) is 12.3 Å². The summed E-state index contributed by atoms with van der Waals surface area (Å²) in [5, 5.41) is 8.02. The first-order valence-electron chi connectivity index (χ1n) is 11.5. The minimum absolute atomic E-state index is 0.0461. The molecule has 6 heteroatoms. The molecule has 0 saturated carbocycles. The topological polar surface area (TPSA) is 79.8 Å². The fourth-order valence-corrected chi connectivity index (χ4v) is 4.47. The molecule has 0 spiro atoms. The van der Waals surface area contributed by atoms with E-state index in [0.29, 0.717) is 17.0 Å². The Bertz CT molecular complexity index is 1450. The monoisotopic (exact) mass is 463 g/mol. The minimum atomic E-state index is -0.217. The van der Waals surface area contributed by atoms with Crippen molar-refractivity contribution in [3.63, 3.8) is 0 Å². The first-order valence-corrected chi connectivity index (χ1v) is 11.5. The second-order valence-electron chi connectivity index (χ2n) is 8.30. The first-order chi connectivity index (χ1) is 17.1. The van der Waals surface area contributed by atoms with Crippen molar-refractivity contribution in [1.29, 1.82) is 0 Å². The Balaban J connectivity index is 1.47. The maximum atomic E-state index is 13.1. The third-order valence-corrected chi connectivity index (χ3v) is 6.19. The lowest BCUT2D eigenvalue weighted by Gasteiger charge is -2.15. The van der Waals surface area contributed by atoms with E-state index in [-0.39, 0.29) is 18.4 Å². The molecule has 1 aliphatic rings. The molecule has 1 aliphatic heterocycles. The van der Waals surface area contributed by atoms with E-state index in [9.17, 15) is 9.59 Å². The van der Waals surface area contributed by atoms with Crippen LogP contribution in [0.4, 0.5) is 11.4 Å². The van der Waals surface area contributed by atoms with Crippen molar-refractivity contribution in [3.8, 4) is 5.75 Å². The zero-order valence-corrected chi connectivity index (χ0v) is 19.6. The third-order valence-electron chi connectivity index (χ3n) is 6.19. The summed E-state index contributed by atoms with van der Waals surface area (Å²) in [6, 6.07) is 25.1. The maximum absolute atomic E-state index is 13.1. The average Bonchev–Trinajstić information content (AvgIpc) is 3.07. The van der Waals surface area contributed by atoms with Gasteiger partial charge in [-0.25, -0.2) is 0 Å². The number of amides is 2. The van der Waals surface area contributed by atoms with Crippen LogP contribution >= 0.6 is 0 Å². The molecule has 0 bridgehead atoms. The smallest absolute Gasteiger partial charge is 0.259 e. The summed E-state index contributed by atoms with van der Waals surface area (Å²) in [4.78, 5) is 30.1. The van der Waals surface area contributed by atoms with Gasteiger partial charge in [0.2, 0.25) is 5.91 Å². The zero-order chi connectivity index (χ0) is 24.4. The molecular weight excluding hydrogens is 438 g/mol. The van der Waals surface area contributed by atoms with Gasteiger partial charge >= 0.3 is 0 Å². The standard InChI is InChI=1S/C29H25N3O3/c1-3-18-8-6-10-24(35-2)26(18)29(34)31-21-14-11-20(12-15-21)27-23-16-13-19-7-4-5-9-22(19)28(23)32-25(33)17-30-27/h4-16H,3,17H2,1-2H3,(H,31,34)(H,32,33). The molecule has 0 fully saturated rings. The van der Waals surface area contributed by atoms with E-state index < -0.39 is 0 Å². The highest BCUT2D eigenvalue weighted by molar-refractivity contribution is 6.23. The number of carbonyl (C=O) groups excluding carboxylic acids is 2. The van der Waals surface area contributed by atoms with Crippen molar-refractivity contribution >= 4 is 39.7 Å². The number of benzene rings is 4.